The van der Waals surface area contributed by atoms with Crippen LogP contribution in [0.2, 0.25) is 0 Å². The van der Waals surface area contributed by atoms with Gasteiger partial charge >= 0.3 is 0 Å². The average molecular weight is 240 g/mol. The van der Waals surface area contributed by atoms with Gasteiger partial charge in [-0.3, -0.25) is 0 Å². The van der Waals surface area contributed by atoms with Crippen LogP contribution < -0.4 is 0 Å². The first kappa shape index (κ1) is 13.4. The Morgan fingerprint density at radius 1 is 1.00 bits per heavy atom. The van der Waals surface area contributed by atoms with Gasteiger partial charge in [-0.05, 0) is 48.3 Å². The summed E-state index contributed by atoms with van der Waals surface area (Å²) in [5, 5.41) is 19.4. The van der Waals surface area contributed by atoms with Gasteiger partial charge < -0.3 is 10.2 Å². The van der Waals surface area contributed by atoms with E-state index in [0.29, 0.717) is 17.8 Å². The summed E-state index contributed by atoms with van der Waals surface area (Å²) in [6.07, 6.45) is 2.27. The zero-order chi connectivity index (χ0) is 12.8. The Balaban J connectivity index is 2.28. The molecule has 0 spiro atoms. The van der Waals surface area contributed by atoms with Crippen LogP contribution in [0.15, 0.2) is 0 Å². The Bertz CT molecular complexity index is 268. The van der Waals surface area contributed by atoms with Gasteiger partial charge in [0.25, 0.3) is 0 Å². The second-order valence-corrected chi connectivity index (χ2v) is 7.13. The summed E-state index contributed by atoms with van der Waals surface area (Å²) in [7, 11) is 0. The van der Waals surface area contributed by atoms with Crippen molar-refractivity contribution in [3.8, 4) is 0 Å². The average Bonchev–Trinajstić information content (AvgIpc) is 2.82. The highest BCUT2D eigenvalue weighted by molar-refractivity contribution is 5.08. The third-order valence-corrected chi connectivity index (χ3v) is 5.63. The third-order valence-electron chi connectivity index (χ3n) is 5.63. The van der Waals surface area contributed by atoms with Crippen molar-refractivity contribution in [1.82, 2.24) is 0 Å². The van der Waals surface area contributed by atoms with E-state index in [1.807, 2.05) is 0 Å². The minimum Gasteiger partial charge on any atom is -0.396 e. The summed E-state index contributed by atoms with van der Waals surface area (Å²) in [6, 6.07) is 0. The van der Waals surface area contributed by atoms with Gasteiger partial charge in [-0.25, -0.2) is 0 Å². The first-order valence-electron chi connectivity index (χ1n) is 7.18. The van der Waals surface area contributed by atoms with Crippen LogP contribution in [0.3, 0.4) is 0 Å². The highest BCUT2D eigenvalue weighted by Crippen LogP contribution is 2.64. The Hall–Kier alpha value is -0.0800. The Kier molecular flexibility index (Phi) is 3.57. The second kappa shape index (κ2) is 4.55. The van der Waals surface area contributed by atoms with Crippen molar-refractivity contribution < 1.29 is 10.2 Å². The quantitative estimate of drug-likeness (QED) is 0.793. The lowest BCUT2D eigenvalue weighted by molar-refractivity contribution is -0.0498. The van der Waals surface area contributed by atoms with Gasteiger partial charge in [-0.2, -0.15) is 0 Å². The van der Waals surface area contributed by atoms with E-state index in [1.54, 1.807) is 0 Å². The van der Waals surface area contributed by atoms with Crippen LogP contribution >= 0.6 is 0 Å². The van der Waals surface area contributed by atoms with Crippen molar-refractivity contribution in [2.75, 3.05) is 13.2 Å². The molecule has 2 fully saturated rings. The zero-order valence-electron chi connectivity index (χ0n) is 11.7. The predicted octanol–water partition coefficient (Wildman–Crippen LogP) is 2.54. The summed E-state index contributed by atoms with van der Waals surface area (Å²) in [5.74, 6) is 4.14. The largest absolute Gasteiger partial charge is 0.396 e. The maximum absolute atomic E-state index is 9.70. The fourth-order valence-corrected chi connectivity index (χ4v) is 5.09. The topological polar surface area (TPSA) is 40.5 Å². The van der Waals surface area contributed by atoms with Gasteiger partial charge in [-0.15, -0.1) is 0 Å². The molecule has 2 bridgehead atoms. The van der Waals surface area contributed by atoms with Crippen molar-refractivity contribution in [3.05, 3.63) is 0 Å². The van der Waals surface area contributed by atoms with E-state index in [2.05, 4.69) is 27.7 Å². The first-order chi connectivity index (χ1) is 7.96. The highest BCUT2D eigenvalue weighted by atomic mass is 16.3. The summed E-state index contributed by atoms with van der Waals surface area (Å²) >= 11 is 0. The Labute approximate surface area is 105 Å². The van der Waals surface area contributed by atoms with E-state index in [-0.39, 0.29) is 18.6 Å². The van der Waals surface area contributed by atoms with Crippen LogP contribution in [0.4, 0.5) is 0 Å². The summed E-state index contributed by atoms with van der Waals surface area (Å²) in [6.45, 7) is 9.61. The van der Waals surface area contributed by atoms with Crippen LogP contribution in [-0.4, -0.2) is 23.4 Å². The van der Waals surface area contributed by atoms with Crippen molar-refractivity contribution in [2.24, 2.45) is 40.9 Å². The second-order valence-electron chi connectivity index (χ2n) is 7.13. The van der Waals surface area contributed by atoms with E-state index in [0.717, 1.165) is 24.2 Å². The maximum Gasteiger partial charge on any atom is 0.0512 e. The van der Waals surface area contributed by atoms with Crippen molar-refractivity contribution >= 4 is 0 Å². The molecule has 0 radical (unpaired) electrons. The van der Waals surface area contributed by atoms with E-state index >= 15 is 0 Å². The smallest absolute Gasteiger partial charge is 0.0512 e. The zero-order valence-corrected chi connectivity index (χ0v) is 11.7. The number of rotatable bonds is 4. The van der Waals surface area contributed by atoms with Crippen molar-refractivity contribution in [2.45, 2.75) is 40.5 Å². The van der Waals surface area contributed by atoms with E-state index in [4.69, 9.17) is 0 Å². The number of aliphatic hydroxyl groups excluding tert-OH is 2. The number of hydrogen-bond donors (Lipinski definition) is 2. The van der Waals surface area contributed by atoms with Crippen LogP contribution in [0.25, 0.3) is 0 Å². The highest BCUT2D eigenvalue weighted by Gasteiger charge is 2.60. The van der Waals surface area contributed by atoms with Gasteiger partial charge in [-0.1, -0.05) is 27.7 Å². The van der Waals surface area contributed by atoms with Crippen molar-refractivity contribution in [3.63, 3.8) is 0 Å². The fourth-order valence-electron chi connectivity index (χ4n) is 5.09. The normalized spacial score (nSPS) is 39.5. The van der Waals surface area contributed by atoms with Crippen molar-refractivity contribution in [1.29, 1.82) is 0 Å². The molecule has 2 aliphatic rings. The van der Waals surface area contributed by atoms with E-state index < -0.39 is 0 Å². The molecule has 100 valence electrons. The molecule has 2 saturated carbocycles. The van der Waals surface area contributed by atoms with Crippen LogP contribution in [0.1, 0.15) is 40.5 Å². The molecule has 2 rings (SSSR count). The third kappa shape index (κ3) is 1.84. The molecule has 0 aromatic carbocycles. The molecule has 2 N–H and O–H groups in total. The molecule has 0 aliphatic heterocycles. The lowest BCUT2D eigenvalue weighted by atomic mass is 9.60. The lowest BCUT2D eigenvalue weighted by Crippen LogP contribution is -2.45. The van der Waals surface area contributed by atoms with Gasteiger partial charge in [0.15, 0.2) is 0 Å². The molecule has 0 aromatic heterocycles. The minimum absolute atomic E-state index is 0.165. The van der Waals surface area contributed by atoms with Gasteiger partial charge in [0.1, 0.15) is 0 Å². The molecular weight excluding hydrogens is 212 g/mol. The van der Waals surface area contributed by atoms with Crippen LogP contribution in [0.5, 0.6) is 0 Å². The fraction of sp³-hybridized carbons (Fsp3) is 1.00. The molecule has 2 nitrogen and oxygen atoms in total. The van der Waals surface area contributed by atoms with E-state index in [9.17, 15) is 10.2 Å². The molecule has 2 aliphatic carbocycles. The van der Waals surface area contributed by atoms with Gasteiger partial charge in [0, 0.05) is 5.41 Å². The summed E-state index contributed by atoms with van der Waals surface area (Å²) in [5.41, 5.74) is -0.176. The molecule has 17 heavy (non-hydrogen) atoms. The Morgan fingerprint density at radius 2 is 1.53 bits per heavy atom. The maximum atomic E-state index is 9.70. The SMILES string of the molecule is CC(C)C1C2CC(C1C(C)C)C(CO)(CO)C2. The number of fused-ring (bicyclic) bond motifs is 2. The Morgan fingerprint density at radius 3 is 1.94 bits per heavy atom. The monoisotopic (exact) mass is 240 g/mol. The molecule has 4 unspecified atom stereocenters. The molecule has 0 aromatic rings. The minimum atomic E-state index is -0.176. The molecule has 0 amide bonds. The van der Waals surface area contributed by atoms with Crippen LogP contribution in [0, 0.1) is 40.9 Å². The number of aliphatic hydroxyl groups is 2. The number of hydrogen-bond acceptors (Lipinski definition) is 2. The lowest BCUT2D eigenvalue weighted by Gasteiger charge is -2.46. The molecule has 4 atom stereocenters. The predicted molar refractivity (Wildman–Crippen MR) is 69.5 cm³/mol. The summed E-state index contributed by atoms with van der Waals surface area (Å²) in [4.78, 5) is 0. The van der Waals surface area contributed by atoms with Crippen LogP contribution in [-0.2, 0) is 0 Å². The summed E-state index contributed by atoms with van der Waals surface area (Å²) < 4.78 is 0. The standard InChI is InChI=1S/C15H28O2/c1-9(2)13-11-5-12(14(13)10(3)4)15(6-11,7-16)8-17/h9-14,16-17H,5-8H2,1-4H3. The molecule has 0 heterocycles. The molecule has 2 heteroatoms. The first-order valence-corrected chi connectivity index (χ1v) is 7.18. The molecular formula is C15H28O2. The van der Waals surface area contributed by atoms with E-state index in [1.165, 1.54) is 6.42 Å². The van der Waals surface area contributed by atoms with Gasteiger partial charge in [0.2, 0.25) is 0 Å². The van der Waals surface area contributed by atoms with Gasteiger partial charge in [0.05, 0.1) is 13.2 Å². The molecule has 0 saturated heterocycles.